The highest BCUT2D eigenvalue weighted by Gasteiger charge is 2.45. The molecule has 2 aromatic heterocycles. The normalized spacial score (nSPS) is 16.6. The molecule has 0 bridgehead atoms. The van der Waals surface area contributed by atoms with Crippen molar-refractivity contribution in [2.45, 2.75) is 47.0 Å². The number of aryl methyl sites for hydroxylation is 2. The van der Waals surface area contributed by atoms with Crippen molar-refractivity contribution in [3.05, 3.63) is 89.7 Å². The fraction of sp³-hybridized carbons (Fsp3) is 0.229. The van der Waals surface area contributed by atoms with E-state index < -0.39 is 8.07 Å². The van der Waals surface area contributed by atoms with Crippen LogP contribution in [-0.2, 0) is 0 Å². The molecule has 4 heterocycles. The standard InChI is InChI=1S/C35H34N4OSi/c1-20-29(40-5)17-19-30-32(20)38-23(4)39-33-27(16-18-31(34(33)38)41(30,6)7)25-13-9-8-12-24(25)26-14-10-11-15-28(26)37-22(3)21(2)36-35(37)39/h8-19,23H,1-7H3/t23-/m1/s1. The highest BCUT2D eigenvalue weighted by Crippen LogP contribution is 2.49. The van der Waals surface area contributed by atoms with E-state index in [1.807, 2.05) is 0 Å². The van der Waals surface area contributed by atoms with Crippen LogP contribution in [0, 0.1) is 20.8 Å². The molecule has 41 heavy (non-hydrogen) atoms. The largest absolute Gasteiger partial charge is 0.496 e. The van der Waals surface area contributed by atoms with Crippen LogP contribution >= 0.6 is 0 Å². The molecular weight excluding hydrogens is 520 g/mol. The van der Waals surface area contributed by atoms with E-state index in [1.54, 1.807) is 7.11 Å². The number of hydrogen-bond acceptors (Lipinski definition) is 3. The van der Waals surface area contributed by atoms with E-state index in [4.69, 9.17) is 9.72 Å². The van der Waals surface area contributed by atoms with E-state index in [9.17, 15) is 0 Å². The molecule has 2 aliphatic heterocycles. The van der Waals surface area contributed by atoms with Crippen molar-refractivity contribution in [3.8, 4) is 5.75 Å². The Balaban J connectivity index is 1.72. The molecule has 8 rings (SSSR count). The second kappa shape index (κ2) is 8.14. The van der Waals surface area contributed by atoms with Crippen LogP contribution in [-0.4, -0.2) is 29.1 Å². The maximum absolute atomic E-state index is 5.88. The molecule has 0 spiro atoms. The molecule has 6 heteroatoms. The van der Waals surface area contributed by atoms with Gasteiger partial charge in [-0.3, -0.25) is 8.97 Å². The van der Waals surface area contributed by atoms with Crippen molar-refractivity contribution in [1.29, 1.82) is 0 Å². The molecule has 0 saturated heterocycles. The number of para-hydroxylation sites is 1. The van der Waals surface area contributed by atoms with Crippen LogP contribution in [0.15, 0.2) is 72.8 Å². The third-order valence-corrected chi connectivity index (χ3v) is 13.3. The minimum absolute atomic E-state index is 0.0110. The van der Waals surface area contributed by atoms with Crippen LogP contribution in [0.25, 0.3) is 38.4 Å². The minimum atomic E-state index is -2.05. The predicted molar refractivity (Wildman–Crippen MR) is 174 cm³/mol. The van der Waals surface area contributed by atoms with Crippen LogP contribution < -0.4 is 20.0 Å². The second-order valence-corrected chi connectivity index (χ2v) is 16.5. The lowest BCUT2D eigenvalue weighted by atomic mass is 10.0. The number of rotatable bonds is 1. The predicted octanol–water partition coefficient (Wildman–Crippen LogP) is 7.46. The van der Waals surface area contributed by atoms with Gasteiger partial charge in [0.05, 0.1) is 29.5 Å². The molecule has 204 valence electrons. The zero-order chi connectivity index (χ0) is 28.4. The summed E-state index contributed by atoms with van der Waals surface area (Å²) >= 11 is 0. The molecule has 0 amide bonds. The first kappa shape index (κ1) is 24.5. The van der Waals surface area contributed by atoms with E-state index in [2.05, 4.69) is 127 Å². The molecule has 0 N–H and O–H groups in total. The molecule has 0 fully saturated rings. The van der Waals surface area contributed by atoms with Crippen LogP contribution in [0.1, 0.15) is 30.0 Å². The number of aromatic nitrogens is 3. The molecule has 0 aliphatic carbocycles. The van der Waals surface area contributed by atoms with Crippen LogP contribution in [0.2, 0.25) is 13.1 Å². The number of hydrogen-bond donors (Lipinski definition) is 0. The van der Waals surface area contributed by atoms with E-state index in [0.717, 1.165) is 22.7 Å². The summed E-state index contributed by atoms with van der Waals surface area (Å²) in [7, 11) is -0.270. The summed E-state index contributed by atoms with van der Waals surface area (Å²) in [6.07, 6.45) is 0.0110. The van der Waals surface area contributed by atoms with Gasteiger partial charge < -0.3 is 9.64 Å². The van der Waals surface area contributed by atoms with Gasteiger partial charge in [0.15, 0.2) is 0 Å². The molecule has 2 aliphatic rings. The Hall–Kier alpha value is -4.29. The molecule has 4 aromatic carbocycles. The molecule has 5 nitrogen and oxygen atoms in total. The first-order valence-corrected chi connectivity index (χ1v) is 17.4. The Morgan fingerprint density at radius 2 is 1.39 bits per heavy atom. The number of anilines is 2. The Morgan fingerprint density at radius 1 is 0.756 bits per heavy atom. The summed E-state index contributed by atoms with van der Waals surface area (Å²) in [5.74, 6) is 1.91. The quantitative estimate of drug-likeness (QED) is 0.198. The van der Waals surface area contributed by atoms with Crippen LogP contribution in [0.3, 0.4) is 0 Å². The van der Waals surface area contributed by atoms with Crippen molar-refractivity contribution in [1.82, 2.24) is 14.0 Å². The number of ether oxygens (including phenoxy) is 1. The van der Waals surface area contributed by atoms with Gasteiger partial charge in [-0.1, -0.05) is 73.8 Å². The first-order chi connectivity index (χ1) is 19.8. The lowest BCUT2D eigenvalue weighted by molar-refractivity contribution is 0.411. The number of fused-ring (bicyclic) bond motifs is 9. The molecular formula is C35H34N4OSi. The third kappa shape index (κ3) is 2.93. The van der Waals surface area contributed by atoms with Gasteiger partial charge in [0.1, 0.15) is 20.0 Å². The molecule has 6 aromatic rings. The highest BCUT2D eigenvalue weighted by molar-refractivity contribution is 7.03. The van der Waals surface area contributed by atoms with Gasteiger partial charge >= 0.3 is 0 Å². The average molecular weight is 555 g/mol. The van der Waals surface area contributed by atoms with E-state index in [0.29, 0.717) is 0 Å². The van der Waals surface area contributed by atoms with Gasteiger partial charge in [0.25, 0.3) is 0 Å². The lowest BCUT2D eigenvalue weighted by Gasteiger charge is -2.41. The Bertz CT molecular complexity index is 2190. The van der Waals surface area contributed by atoms with Crippen LogP contribution in [0.5, 0.6) is 5.75 Å². The summed E-state index contributed by atoms with van der Waals surface area (Å²) in [6.45, 7) is 13.9. The maximum atomic E-state index is 5.88. The zero-order valence-electron chi connectivity index (χ0n) is 24.7. The number of imidazole rings is 1. The fourth-order valence-electron chi connectivity index (χ4n) is 7.60. The Kier molecular flexibility index (Phi) is 4.86. The fourth-order valence-corrected chi connectivity index (χ4v) is 10.6. The van der Waals surface area contributed by atoms with Crippen molar-refractivity contribution in [3.63, 3.8) is 0 Å². The molecule has 0 saturated carbocycles. The Labute approximate surface area is 240 Å². The number of nitrogens with zero attached hydrogens (tertiary/aromatic N) is 4. The summed E-state index contributed by atoms with van der Waals surface area (Å²) in [5.41, 5.74) is 8.48. The average Bonchev–Trinajstić information content (AvgIpc) is 3.44. The lowest BCUT2D eigenvalue weighted by Crippen LogP contribution is -2.59. The van der Waals surface area contributed by atoms with Gasteiger partial charge in [-0.2, -0.15) is 0 Å². The summed E-state index contributed by atoms with van der Waals surface area (Å²) < 4.78 is 10.8. The van der Waals surface area contributed by atoms with Gasteiger partial charge in [-0.25, -0.2) is 4.98 Å². The summed E-state index contributed by atoms with van der Waals surface area (Å²) in [5, 5.41) is 7.91. The van der Waals surface area contributed by atoms with E-state index in [1.165, 1.54) is 60.1 Å². The molecule has 0 unspecified atom stereocenters. The van der Waals surface area contributed by atoms with Gasteiger partial charge in [0.2, 0.25) is 5.78 Å². The number of benzene rings is 4. The summed E-state index contributed by atoms with van der Waals surface area (Å²) in [6, 6.07) is 27.0. The summed E-state index contributed by atoms with van der Waals surface area (Å²) in [4.78, 5) is 7.89. The highest BCUT2D eigenvalue weighted by atomic mass is 28.3. The van der Waals surface area contributed by atoms with Gasteiger partial charge in [0, 0.05) is 27.7 Å². The second-order valence-electron chi connectivity index (χ2n) is 12.1. The Morgan fingerprint density at radius 3 is 2.12 bits per heavy atom. The van der Waals surface area contributed by atoms with Crippen LogP contribution in [0.4, 0.5) is 11.4 Å². The molecule has 0 radical (unpaired) electrons. The topological polar surface area (TPSA) is 34.7 Å². The smallest absolute Gasteiger partial charge is 0.217 e. The SMILES string of the molecule is COc1ccc2c(c1C)N1c3c(ccc4c5ccccc5c5ccccc5n5c(C)c(C)nc5n(c34)[C@@H]1C)[Si]2(C)C. The van der Waals surface area contributed by atoms with Gasteiger partial charge in [-0.15, -0.1) is 0 Å². The van der Waals surface area contributed by atoms with Gasteiger partial charge in [-0.05, 0) is 61.0 Å². The van der Waals surface area contributed by atoms with Crippen molar-refractivity contribution < 1.29 is 4.74 Å². The zero-order valence-corrected chi connectivity index (χ0v) is 25.7. The van der Waals surface area contributed by atoms with Crippen molar-refractivity contribution in [2.24, 2.45) is 0 Å². The molecule has 1 atom stereocenters. The van der Waals surface area contributed by atoms with Crippen molar-refractivity contribution in [2.75, 3.05) is 12.0 Å². The number of methoxy groups -OCH3 is 1. The van der Waals surface area contributed by atoms with E-state index >= 15 is 0 Å². The maximum Gasteiger partial charge on any atom is 0.217 e. The first-order valence-electron chi connectivity index (χ1n) is 14.4. The third-order valence-electron chi connectivity index (χ3n) is 9.76. The van der Waals surface area contributed by atoms with Crippen molar-refractivity contribution >= 4 is 68.2 Å². The monoisotopic (exact) mass is 554 g/mol. The van der Waals surface area contributed by atoms with E-state index in [-0.39, 0.29) is 6.17 Å². The minimum Gasteiger partial charge on any atom is -0.496 e.